The first-order valence-corrected chi connectivity index (χ1v) is 4.03. The number of hydrogen-bond acceptors (Lipinski definition) is 1. The Morgan fingerprint density at radius 1 is 1.50 bits per heavy atom. The van der Waals surface area contributed by atoms with Crippen LogP contribution in [0.5, 0.6) is 0 Å². The van der Waals surface area contributed by atoms with Gasteiger partial charge in [0.15, 0.2) is 0 Å². The van der Waals surface area contributed by atoms with E-state index in [1.54, 1.807) is 0 Å². The lowest BCUT2D eigenvalue weighted by Gasteiger charge is -1.80. The van der Waals surface area contributed by atoms with Crippen LogP contribution in [0.25, 0.3) is 0 Å². The lowest BCUT2D eigenvalue weighted by Crippen LogP contribution is -1.67. The fourth-order valence-corrected chi connectivity index (χ4v) is 0.291. The zero-order valence-electron chi connectivity index (χ0n) is 6.19. The molecular formula is C7H11BrClN. The van der Waals surface area contributed by atoms with E-state index in [-0.39, 0.29) is 5.16 Å². The number of nitrogens with zero attached hydrogens (tertiary/aromatic N) is 1. The van der Waals surface area contributed by atoms with Crippen LogP contribution in [-0.2, 0) is 0 Å². The summed E-state index contributed by atoms with van der Waals surface area (Å²) in [6.45, 7) is 10.8. The zero-order chi connectivity index (χ0) is 8.57. The molecule has 3 heteroatoms. The molecule has 0 N–H and O–H groups in total. The lowest BCUT2D eigenvalue weighted by molar-refractivity contribution is 1.50. The molecule has 0 atom stereocenters. The number of hydrogen-bond donors (Lipinski definition) is 0. The third-order valence-electron chi connectivity index (χ3n) is 0.345. The van der Waals surface area contributed by atoms with Gasteiger partial charge in [0.2, 0.25) is 0 Å². The van der Waals surface area contributed by atoms with E-state index in [0.717, 1.165) is 0 Å². The Morgan fingerprint density at radius 3 is 2.00 bits per heavy atom. The van der Waals surface area contributed by atoms with Crippen molar-refractivity contribution >= 4 is 33.7 Å². The Morgan fingerprint density at radius 2 is 1.90 bits per heavy atom. The first-order chi connectivity index (χ1) is 4.63. The SMILES string of the molecule is C=C(Br)/C=N\C(=C)Cl.CC. The number of aliphatic imine (C=N–C) groups is 1. The van der Waals surface area contributed by atoms with Crippen molar-refractivity contribution in [3.8, 4) is 0 Å². The average molecular weight is 225 g/mol. The molecule has 0 amide bonds. The summed E-state index contributed by atoms with van der Waals surface area (Å²) < 4.78 is 0.680. The Hall–Kier alpha value is -0.0800. The van der Waals surface area contributed by atoms with Crippen LogP contribution in [0.4, 0.5) is 0 Å². The van der Waals surface area contributed by atoms with Gasteiger partial charge in [-0.25, -0.2) is 4.99 Å². The van der Waals surface area contributed by atoms with Gasteiger partial charge in [0, 0.05) is 10.7 Å². The van der Waals surface area contributed by atoms with Gasteiger partial charge >= 0.3 is 0 Å². The maximum absolute atomic E-state index is 5.27. The highest BCUT2D eigenvalue weighted by atomic mass is 79.9. The second-order valence-electron chi connectivity index (χ2n) is 1.08. The molecular weight excluding hydrogens is 213 g/mol. The third kappa shape index (κ3) is 15.7. The van der Waals surface area contributed by atoms with E-state index in [0.29, 0.717) is 4.48 Å². The number of halogens is 2. The largest absolute Gasteiger partial charge is 0.244 e. The van der Waals surface area contributed by atoms with E-state index in [4.69, 9.17) is 11.6 Å². The summed E-state index contributed by atoms with van der Waals surface area (Å²) in [7, 11) is 0. The van der Waals surface area contributed by atoms with Crippen LogP contribution in [0.1, 0.15) is 13.8 Å². The van der Waals surface area contributed by atoms with Gasteiger partial charge in [0.1, 0.15) is 5.16 Å². The molecule has 0 aromatic heterocycles. The smallest absolute Gasteiger partial charge is 0.121 e. The molecule has 0 unspecified atom stereocenters. The summed E-state index contributed by atoms with van der Waals surface area (Å²) in [4.78, 5) is 3.62. The summed E-state index contributed by atoms with van der Waals surface area (Å²) >= 11 is 8.33. The minimum atomic E-state index is 0.255. The van der Waals surface area contributed by atoms with E-state index in [1.807, 2.05) is 13.8 Å². The van der Waals surface area contributed by atoms with Crippen LogP contribution in [0.3, 0.4) is 0 Å². The van der Waals surface area contributed by atoms with Crippen molar-refractivity contribution in [2.24, 2.45) is 4.99 Å². The second kappa shape index (κ2) is 8.92. The first kappa shape index (κ1) is 12.6. The number of rotatable bonds is 2. The second-order valence-corrected chi connectivity index (χ2v) is 2.54. The van der Waals surface area contributed by atoms with Crippen molar-refractivity contribution < 1.29 is 0 Å². The van der Waals surface area contributed by atoms with Gasteiger partial charge in [0.25, 0.3) is 0 Å². The number of allylic oxidation sites excluding steroid dienone is 1. The van der Waals surface area contributed by atoms with Crippen LogP contribution in [0, 0.1) is 0 Å². The van der Waals surface area contributed by atoms with Crippen LogP contribution in [-0.4, -0.2) is 6.21 Å². The van der Waals surface area contributed by atoms with Crippen LogP contribution >= 0.6 is 27.5 Å². The molecule has 0 saturated heterocycles. The topological polar surface area (TPSA) is 12.4 Å². The summed E-state index contributed by atoms with van der Waals surface area (Å²) in [5, 5.41) is 0.255. The maximum Gasteiger partial charge on any atom is 0.121 e. The summed E-state index contributed by atoms with van der Waals surface area (Å²) in [6.07, 6.45) is 1.48. The summed E-state index contributed by atoms with van der Waals surface area (Å²) in [5.74, 6) is 0. The van der Waals surface area contributed by atoms with Crippen LogP contribution in [0.15, 0.2) is 27.8 Å². The first-order valence-electron chi connectivity index (χ1n) is 2.86. The van der Waals surface area contributed by atoms with Crippen molar-refractivity contribution in [2.75, 3.05) is 0 Å². The average Bonchev–Trinajstić information content (AvgIpc) is 1.89. The highest BCUT2D eigenvalue weighted by Gasteiger charge is 1.77. The normalized spacial score (nSPS) is 8.40. The fraction of sp³-hybridized carbons (Fsp3) is 0.286. The van der Waals surface area contributed by atoms with Crippen molar-refractivity contribution in [1.29, 1.82) is 0 Å². The Bertz CT molecular complexity index is 125. The molecule has 10 heavy (non-hydrogen) atoms. The van der Waals surface area contributed by atoms with Crippen molar-refractivity contribution in [1.82, 2.24) is 0 Å². The molecule has 0 radical (unpaired) electrons. The standard InChI is InChI=1S/C5H5BrClN.C2H6/c1-4(6)3-8-5(2)7;1-2/h3H,1-2H2;1-2H3/b8-3-;. The van der Waals surface area contributed by atoms with Crippen LogP contribution in [0.2, 0.25) is 0 Å². The van der Waals surface area contributed by atoms with Gasteiger partial charge in [-0.3, -0.25) is 0 Å². The van der Waals surface area contributed by atoms with E-state index in [1.165, 1.54) is 6.21 Å². The minimum Gasteiger partial charge on any atom is -0.244 e. The van der Waals surface area contributed by atoms with Crippen molar-refractivity contribution in [3.05, 3.63) is 22.8 Å². The summed E-state index contributed by atoms with van der Waals surface area (Å²) in [5.41, 5.74) is 0. The summed E-state index contributed by atoms with van der Waals surface area (Å²) in [6, 6.07) is 0. The molecule has 1 nitrogen and oxygen atoms in total. The zero-order valence-corrected chi connectivity index (χ0v) is 8.54. The predicted molar refractivity (Wildman–Crippen MR) is 52.9 cm³/mol. The molecule has 0 saturated carbocycles. The highest BCUT2D eigenvalue weighted by molar-refractivity contribution is 9.12. The van der Waals surface area contributed by atoms with Crippen molar-refractivity contribution in [3.63, 3.8) is 0 Å². The Labute approximate surface area is 75.6 Å². The fourth-order valence-electron chi connectivity index (χ4n) is 0.140. The monoisotopic (exact) mass is 223 g/mol. The van der Waals surface area contributed by atoms with Gasteiger partial charge in [-0.2, -0.15) is 0 Å². The molecule has 0 rings (SSSR count). The highest BCUT2D eigenvalue weighted by Crippen LogP contribution is 2.00. The minimum absolute atomic E-state index is 0.255. The Balaban J connectivity index is 0. The van der Waals surface area contributed by atoms with Gasteiger partial charge in [-0.15, -0.1) is 0 Å². The Kier molecular flexibility index (Phi) is 11.2. The van der Waals surface area contributed by atoms with Gasteiger partial charge in [0.05, 0.1) is 0 Å². The molecule has 0 fully saturated rings. The third-order valence-corrected chi connectivity index (χ3v) is 0.647. The molecule has 0 aliphatic rings. The molecule has 0 aliphatic carbocycles. The molecule has 58 valence electrons. The van der Waals surface area contributed by atoms with Gasteiger partial charge in [-0.1, -0.05) is 38.6 Å². The molecule has 0 aromatic carbocycles. The van der Waals surface area contributed by atoms with Crippen LogP contribution < -0.4 is 0 Å². The quantitative estimate of drug-likeness (QED) is 0.501. The maximum atomic E-state index is 5.27. The molecule has 0 spiro atoms. The van der Waals surface area contributed by atoms with E-state index < -0.39 is 0 Å². The van der Waals surface area contributed by atoms with E-state index in [9.17, 15) is 0 Å². The van der Waals surface area contributed by atoms with E-state index in [2.05, 4.69) is 34.1 Å². The molecule has 0 aliphatic heterocycles. The molecule has 0 aromatic rings. The predicted octanol–water partition coefficient (Wildman–Crippen LogP) is 3.70. The molecule has 0 heterocycles. The van der Waals surface area contributed by atoms with Gasteiger partial charge in [-0.05, 0) is 15.9 Å². The van der Waals surface area contributed by atoms with E-state index >= 15 is 0 Å². The molecule has 0 bridgehead atoms. The lowest BCUT2D eigenvalue weighted by atomic mass is 10.7. The van der Waals surface area contributed by atoms with Gasteiger partial charge < -0.3 is 0 Å². The van der Waals surface area contributed by atoms with Crippen molar-refractivity contribution in [2.45, 2.75) is 13.8 Å².